The molecular formula is C12H15N3O5. The molecule has 2 rings (SSSR count). The van der Waals surface area contributed by atoms with Gasteiger partial charge in [-0.25, -0.2) is 0 Å². The van der Waals surface area contributed by atoms with E-state index in [2.05, 4.69) is 0 Å². The molecule has 1 amide bonds. The second-order valence-corrected chi connectivity index (χ2v) is 4.48. The van der Waals surface area contributed by atoms with Gasteiger partial charge in [-0.1, -0.05) is 0 Å². The second kappa shape index (κ2) is 5.83. The van der Waals surface area contributed by atoms with Crippen LogP contribution < -0.4 is 5.56 Å². The normalized spacial score (nSPS) is 15.2. The number of nitro groups is 1. The zero-order valence-corrected chi connectivity index (χ0v) is 11.1. The van der Waals surface area contributed by atoms with Crippen LogP contribution in [0.3, 0.4) is 0 Å². The molecule has 0 atom stereocenters. The van der Waals surface area contributed by atoms with Crippen molar-refractivity contribution < 1.29 is 14.5 Å². The molecule has 0 aliphatic carbocycles. The number of ether oxygens (including phenoxy) is 1. The Kier molecular flexibility index (Phi) is 4.14. The fourth-order valence-electron chi connectivity index (χ4n) is 2.10. The number of hydrogen-bond donors (Lipinski definition) is 0. The quantitative estimate of drug-likeness (QED) is 0.570. The minimum atomic E-state index is -0.565. The van der Waals surface area contributed by atoms with Crippen LogP contribution in [0.1, 0.15) is 5.69 Å². The molecule has 0 N–H and O–H groups in total. The molecule has 1 saturated heterocycles. The minimum Gasteiger partial charge on any atom is -0.378 e. The van der Waals surface area contributed by atoms with Crippen molar-refractivity contribution in [1.82, 2.24) is 9.47 Å². The Labute approximate surface area is 114 Å². The molecule has 108 valence electrons. The first kappa shape index (κ1) is 14.2. The molecule has 2 heterocycles. The van der Waals surface area contributed by atoms with Crippen LogP contribution in [0.25, 0.3) is 0 Å². The predicted molar refractivity (Wildman–Crippen MR) is 69.5 cm³/mol. The number of nitrogens with zero attached hydrogens (tertiary/aromatic N) is 3. The van der Waals surface area contributed by atoms with Crippen molar-refractivity contribution in [2.24, 2.45) is 0 Å². The van der Waals surface area contributed by atoms with Gasteiger partial charge in [-0.15, -0.1) is 0 Å². The van der Waals surface area contributed by atoms with Crippen molar-refractivity contribution in [3.8, 4) is 0 Å². The lowest BCUT2D eigenvalue weighted by molar-refractivity contribution is -0.386. The summed E-state index contributed by atoms with van der Waals surface area (Å²) in [6.45, 7) is 3.16. The maximum atomic E-state index is 12.1. The van der Waals surface area contributed by atoms with E-state index in [1.165, 1.54) is 6.92 Å². The third-order valence-corrected chi connectivity index (χ3v) is 3.28. The van der Waals surface area contributed by atoms with Gasteiger partial charge >= 0.3 is 0 Å². The smallest absolute Gasteiger partial charge is 0.288 e. The zero-order chi connectivity index (χ0) is 14.7. The largest absolute Gasteiger partial charge is 0.378 e. The Morgan fingerprint density at radius 2 is 2.05 bits per heavy atom. The predicted octanol–water partition coefficient (Wildman–Crippen LogP) is -0.0763. The monoisotopic (exact) mass is 281 g/mol. The number of carbonyl (C=O) groups is 1. The van der Waals surface area contributed by atoms with E-state index in [1.807, 2.05) is 0 Å². The van der Waals surface area contributed by atoms with E-state index in [9.17, 15) is 19.7 Å². The van der Waals surface area contributed by atoms with Gasteiger partial charge in [0.25, 0.3) is 11.2 Å². The lowest BCUT2D eigenvalue weighted by atomic mass is 10.3. The highest BCUT2D eigenvalue weighted by atomic mass is 16.6. The van der Waals surface area contributed by atoms with Crippen molar-refractivity contribution >= 4 is 11.6 Å². The van der Waals surface area contributed by atoms with Crippen molar-refractivity contribution in [3.05, 3.63) is 38.3 Å². The van der Waals surface area contributed by atoms with Gasteiger partial charge in [-0.2, -0.15) is 0 Å². The van der Waals surface area contributed by atoms with Crippen LogP contribution in [0.15, 0.2) is 16.9 Å². The summed E-state index contributed by atoms with van der Waals surface area (Å²) in [6, 6.07) is 2.27. The van der Waals surface area contributed by atoms with E-state index in [0.29, 0.717) is 26.3 Å². The Balaban J connectivity index is 2.24. The Morgan fingerprint density at radius 1 is 1.40 bits per heavy atom. The molecule has 0 bridgehead atoms. The van der Waals surface area contributed by atoms with Crippen molar-refractivity contribution in [2.45, 2.75) is 13.5 Å². The number of hydrogen-bond acceptors (Lipinski definition) is 5. The standard InChI is InChI=1S/C12H15N3O5/c1-9-10(15(18)19)2-3-11(16)14(9)8-12(17)13-4-6-20-7-5-13/h2-3H,4-8H2,1H3. The van der Waals surface area contributed by atoms with Crippen LogP contribution in [-0.2, 0) is 16.1 Å². The molecule has 0 radical (unpaired) electrons. The zero-order valence-electron chi connectivity index (χ0n) is 11.1. The first-order valence-electron chi connectivity index (χ1n) is 6.21. The van der Waals surface area contributed by atoms with E-state index >= 15 is 0 Å². The highest BCUT2D eigenvalue weighted by Crippen LogP contribution is 2.14. The van der Waals surface area contributed by atoms with Crippen molar-refractivity contribution in [2.75, 3.05) is 26.3 Å². The average molecular weight is 281 g/mol. The summed E-state index contributed by atoms with van der Waals surface area (Å²) in [4.78, 5) is 35.7. The summed E-state index contributed by atoms with van der Waals surface area (Å²) < 4.78 is 6.28. The van der Waals surface area contributed by atoms with Crippen LogP contribution in [0.4, 0.5) is 5.69 Å². The number of aromatic nitrogens is 1. The van der Waals surface area contributed by atoms with Gasteiger partial charge in [-0.05, 0) is 6.92 Å². The van der Waals surface area contributed by atoms with Crippen molar-refractivity contribution in [1.29, 1.82) is 0 Å². The molecule has 8 heteroatoms. The van der Waals surface area contributed by atoms with Crippen LogP contribution in [0, 0.1) is 17.0 Å². The fraction of sp³-hybridized carbons (Fsp3) is 0.500. The molecule has 1 aliphatic heterocycles. The Bertz CT molecular complexity index is 589. The third-order valence-electron chi connectivity index (χ3n) is 3.28. The van der Waals surface area contributed by atoms with Gasteiger partial charge in [0.2, 0.25) is 5.91 Å². The molecular weight excluding hydrogens is 266 g/mol. The molecule has 0 aromatic carbocycles. The fourth-order valence-corrected chi connectivity index (χ4v) is 2.10. The first-order chi connectivity index (χ1) is 9.50. The Hall–Kier alpha value is -2.22. The summed E-state index contributed by atoms with van der Waals surface area (Å²) in [7, 11) is 0. The van der Waals surface area contributed by atoms with E-state index in [-0.39, 0.29) is 23.8 Å². The van der Waals surface area contributed by atoms with Crippen LogP contribution in [0.2, 0.25) is 0 Å². The molecule has 8 nitrogen and oxygen atoms in total. The maximum Gasteiger partial charge on any atom is 0.288 e. The summed E-state index contributed by atoms with van der Waals surface area (Å²) in [6.07, 6.45) is 0. The summed E-state index contributed by atoms with van der Waals surface area (Å²) >= 11 is 0. The molecule has 1 aromatic rings. The molecule has 0 spiro atoms. The molecule has 0 saturated carbocycles. The number of carbonyl (C=O) groups excluding carboxylic acids is 1. The number of amides is 1. The summed E-state index contributed by atoms with van der Waals surface area (Å²) in [5.74, 6) is -0.237. The van der Waals surface area contributed by atoms with Gasteiger partial charge in [0.1, 0.15) is 6.54 Å². The van der Waals surface area contributed by atoms with Gasteiger partial charge in [0, 0.05) is 25.2 Å². The van der Waals surface area contributed by atoms with Gasteiger partial charge < -0.3 is 9.64 Å². The second-order valence-electron chi connectivity index (χ2n) is 4.48. The molecule has 1 aromatic heterocycles. The van der Waals surface area contributed by atoms with E-state index in [0.717, 1.165) is 16.7 Å². The van der Waals surface area contributed by atoms with E-state index in [4.69, 9.17) is 4.74 Å². The molecule has 20 heavy (non-hydrogen) atoms. The Morgan fingerprint density at radius 3 is 2.65 bits per heavy atom. The van der Waals surface area contributed by atoms with E-state index in [1.54, 1.807) is 4.90 Å². The third kappa shape index (κ3) is 2.85. The van der Waals surface area contributed by atoms with Crippen LogP contribution >= 0.6 is 0 Å². The summed E-state index contributed by atoms with van der Waals surface area (Å²) in [5, 5.41) is 10.9. The number of rotatable bonds is 3. The lowest BCUT2D eigenvalue weighted by Gasteiger charge is -2.27. The average Bonchev–Trinajstić information content (AvgIpc) is 2.43. The number of pyridine rings is 1. The highest BCUT2D eigenvalue weighted by molar-refractivity contribution is 5.76. The SMILES string of the molecule is Cc1c([N+](=O)[O-])ccc(=O)n1CC(=O)N1CCOCC1. The van der Waals surface area contributed by atoms with Crippen molar-refractivity contribution in [3.63, 3.8) is 0 Å². The van der Waals surface area contributed by atoms with Gasteiger partial charge in [0.15, 0.2) is 0 Å². The maximum absolute atomic E-state index is 12.1. The first-order valence-corrected chi connectivity index (χ1v) is 6.21. The summed E-state index contributed by atoms with van der Waals surface area (Å²) in [5.41, 5.74) is -0.404. The number of morpholine rings is 1. The van der Waals surface area contributed by atoms with Crippen LogP contribution in [0.5, 0.6) is 0 Å². The molecule has 0 unspecified atom stereocenters. The van der Waals surface area contributed by atoms with Crippen LogP contribution in [-0.4, -0.2) is 46.6 Å². The molecule has 1 fully saturated rings. The van der Waals surface area contributed by atoms with Gasteiger partial charge in [-0.3, -0.25) is 24.3 Å². The minimum absolute atomic E-state index is 0.167. The highest BCUT2D eigenvalue weighted by Gasteiger charge is 2.21. The van der Waals surface area contributed by atoms with E-state index < -0.39 is 10.5 Å². The lowest BCUT2D eigenvalue weighted by Crippen LogP contribution is -2.43. The molecule has 1 aliphatic rings. The van der Waals surface area contributed by atoms with Gasteiger partial charge in [0.05, 0.1) is 23.8 Å². The topological polar surface area (TPSA) is 94.7 Å².